The summed E-state index contributed by atoms with van der Waals surface area (Å²) in [5.41, 5.74) is -0.389. The quantitative estimate of drug-likeness (QED) is 0.725. The molecule has 0 unspecified atom stereocenters. The molecule has 1 aromatic heterocycles. The molecule has 0 saturated carbocycles. The van der Waals surface area contributed by atoms with Crippen molar-refractivity contribution in [1.29, 1.82) is 0 Å². The van der Waals surface area contributed by atoms with E-state index in [1.54, 1.807) is 12.2 Å². The molecule has 0 fully saturated rings. The van der Waals surface area contributed by atoms with Gasteiger partial charge in [-0.15, -0.1) is 0 Å². The minimum absolute atomic E-state index is 0.237. The van der Waals surface area contributed by atoms with Crippen LogP contribution in [0.25, 0.3) is 6.08 Å². The van der Waals surface area contributed by atoms with Gasteiger partial charge in [-0.2, -0.15) is 13.2 Å². The Morgan fingerprint density at radius 2 is 2.07 bits per heavy atom. The zero-order chi connectivity index (χ0) is 11.3. The fourth-order valence-corrected chi connectivity index (χ4v) is 0.931. The Morgan fingerprint density at radius 3 is 2.53 bits per heavy atom. The van der Waals surface area contributed by atoms with Crippen molar-refractivity contribution in [2.75, 3.05) is 0 Å². The first-order valence-electron chi connectivity index (χ1n) is 4.17. The van der Waals surface area contributed by atoms with Crippen LogP contribution in [-0.4, -0.2) is 11.3 Å². The van der Waals surface area contributed by atoms with Crippen LogP contribution in [0.3, 0.4) is 0 Å². The van der Waals surface area contributed by atoms with Gasteiger partial charge in [0.05, 0.1) is 0 Å². The molecule has 1 aromatic rings. The van der Waals surface area contributed by atoms with Crippen molar-refractivity contribution < 1.29 is 18.0 Å². The third-order valence-corrected chi connectivity index (χ3v) is 1.62. The molecule has 80 valence electrons. The number of allylic oxidation sites excluding steroid dienone is 1. The van der Waals surface area contributed by atoms with Crippen LogP contribution in [0.2, 0.25) is 0 Å². The van der Waals surface area contributed by atoms with E-state index in [1.165, 1.54) is 6.07 Å². The second-order valence-corrected chi connectivity index (χ2v) is 2.78. The Balaban J connectivity index is 2.77. The highest BCUT2D eigenvalue weighted by Gasteiger charge is 2.31. The molecular formula is C10H8F3NO. The molecule has 0 aromatic carbocycles. The first-order chi connectivity index (χ1) is 7.04. The molecular weight excluding hydrogens is 207 g/mol. The van der Waals surface area contributed by atoms with E-state index in [0.717, 1.165) is 12.3 Å². The summed E-state index contributed by atoms with van der Waals surface area (Å²) in [6, 6.07) is 2.21. The van der Waals surface area contributed by atoms with Crippen LogP contribution >= 0.6 is 0 Å². The number of aldehydes is 1. The average Bonchev–Trinajstić information content (AvgIpc) is 2.18. The van der Waals surface area contributed by atoms with Gasteiger partial charge in [0, 0.05) is 12.6 Å². The molecule has 2 nitrogen and oxygen atoms in total. The summed E-state index contributed by atoms with van der Waals surface area (Å²) >= 11 is 0. The van der Waals surface area contributed by atoms with E-state index in [1.807, 2.05) is 0 Å². The summed E-state index contributed by atoms with van der Waals surface area (Å²) in [7, 11) is 0. The van der Waals surface area contributed by atoms with Crippen molar-refractivity contribution in [1.82, 2.24) is 4.98 Å². The normalized spacial score (nSPS) is 11.9. The molecule has 0 spiro atoms. The third-order valence-electron chi connectivity index (χ3n) is 1.62. The largest absolute Gasteiger partial charge is 0.433 e. The summed E-state index contributed by atoms with van der Waals surface area (Å²) in [5, 5.41) is 0. The van der Waals surface area contributed by atoms with Crippen molar-refractivity contribution in [2.24, 2.45) is 0 Å². The van der Waals surface area contributed by atoms with Crippen LogP contribution in [0.4, 0.5) is 13.2 Å². The van der Waals surface area contributed by atoms with Crippen molar-refractivity contribution in [3.8, 4) is 0 Å². The Hall–Kier alpha value is -1.65. The van der Waals surface area contributed by atoms with Gasteiger partial charge < -0.3 is 4.79 Å². The van der Waals surface area contributed by atoms with Crippen LogP contribution in [-0.2, 0) is 11.0 Å². The van der Waals surface area contributed by atoms with Gasteiger partial charge in [-0.1, -0.05) is 18.2 Å². The highest BCUT2D eigenvalue weighted by molar-refractivity contribution is 5.57. The molecule has 0 aliphatic rings. The maximum Gasteiger partial charge on any atom is 0.433 e. The first kappa shape index (κ1) is 11.4. The number of carbonyl (C=O) groups excluding carboxylic acids is 1. The Kier molecular flexibility index (Phi) is 3.60. The molecule has 0 aliphatic carbocycles. The number of hydrogen-bond donors (Lipinski definition) is 0. The van der Waals surface area contributed by atoms with Gasteiger partial charge in [0.1, 0.15) is 12.0 Å². The Morgan fingerprint density at radius 1 is 1.33 bits per heavy atom. The molecule has 0 atom stereocenters. The maximum atomic E-state index is 12.1. The SMILES string of the molecule is O=CCC=Cc1ccc(C(F)(F)F)nc1. The van der Waals surface area contributed by atoms with E-state index >= 15 is 0 Å². The predicted octanol–water partition coefficient (Wildman–Crippen LogP) is 2.70. The lowest BCUT2D eigenvalue weighted by atomic mass is 10.2. The number of nitrogens with zero attached hydrogens (tertiary/aromatic N) is 1. The highest BCUT2D eigenvalue weighted by atomic mass is 19.4. The highest BCUT2D eigenvalue weighted by Crippen LogP contribution is 2.27. The van der Waals surface area contributed by atoms with E-state index in [2.05, 4.69) is 4.98 Å². The standard InChI is InChI=1S/C10H8F3NO/c11-10(12,13)9-5-4-8(7-14-9)3-1-2-6-15/h1,3-7H,2H2. The minimum Gasteiger partial charge on any atom is -0.303 e. The zero-order valence-corrected chi connectivity index (χ0v) is 7.66. The average molecular weight is 215 g/mol. The molecule has 1 heterocycles. The summed E-state index contributed by atoms with van der Waals surface area (Å²) in [5.74, 6) is 0. The topological polar surface area (TPSA) is 30.0 Å². The molecule has 0 saturated heterocycles. The van der Waals surface area contributed by atoms with Crippen molar-refractivity contribution in [3.63, 3.8) is 0 Å². The lowest BCUT2D eigenvalue weighted by Crippen LogP contribution is -2.07. The van der Waals surface area contributed by atoms with E-state index in [-0.39, 0.29) is 6.42 Å². The fraction of sp³-hybridized carbons (Fsp3) is 0.200. The van der Waals surface area contributed by atoms with Gasteiger partial charge in [0.15, 0.2) is 0 Å². The van der Waals surface area contributed by atoms with Crippen LogP contribution in [0.5, 0.6) is 0 Å². The van der Waals surface area contributed by atoms with Crippen molar-refractivity contribution >= 4 is 12.4 Å². The van der Waals surface area contributed by atoms with Crippen LogP contribution < -0.4 is 0 Å². The number of alkyl halides is 3. The smallest absolute Gasteiger partial charge is 0.303 e. The molecule has 5 heteroatoms. The van der Waals surface area contributed by atoms with Gasteiger partial charge in [0.25, 0.3) is 0 Å². The molecule has 0 N–H and O–H groups in total. The van der Waals surface area contributed by atoms with E-state index in [4.69, 9.17) is 0 Å². The lowest BCUT2D eigenvalue weighted by Gasteiger charge is -2.04. The van der Waals surface area contributed by atoms with Gasteiger partial charge >= 0.3 is 6.18 Å². The van der Waals surface area contributed by atoms with Gasteiger partial charge in [0.2, 0.25) is 0 Å². The number of aromatic nitrogens is 1. The number of rotatable bonds is 3. The number of hydrogen-bond acceptors (Lipinski definition) is 2. The number of halogens is 3. The molecule has 1 rings (SSSR count). The number of carbonyl (C=O) groups is 1. The minimum atomic E-state index is -4.41. The monoisotopic (exact) mass is 215 g/mol. The third kappa shape index (κ3) is 3.53. The fourth-order valence-electron chi connectivity index (χ4n) is 0.931. The molecule has 15 heavy (non-hydrogen) atoms. The summed E-state index contributed by atoms with van der Waals surface area (Å²) < 4.78 is 36.3. The Labute approximate surface area is 84.4 Å². The van der Waals surface area contributed by atoms with E-state index in [9.17, 15) is 18.0 Å². The molecule has 0 bridgehead atoms. The predicted molar refractivity (Wildman–Crippen MR) is 49.0 cm³/mol. The summed E-state index contributed by atoms with van der Waals surface area (Å²) in [6.45, 7) is 0. The van der Waals surface area contributed by atoms with Gasteiger partial charge in [-0.05, 0) is 11.6 Å². The van der Waals surface area contributed by atoms with E-state index in [0.29, 0.717) is 11.8 Å². The first-order valence-corrected chi connectivity index (χ1v) is 4.17. The number of pyridine rings is 1. The van der Waals surface area contributed by atoms with Gasteiger partial charge in [-0.25, -0.2) is 0 Å². The second kappa shape index (κ2) is 4.72. The summed E-state index contributed by atoms with van der Waals surface area (Å²) in [6.07, 6.45) is 0.739. The van der Waals surface area contributed by atoms with E-state index < -0.39 is 11.9 Å². The molecule has 0 aliphatic heterocycles. The van der Waals surface area contributed by atoms with Crippen molar-refractivity contribution in [2.45, 2.75) is 12.6 Å². The Bertz CT molecular complexity index is 354. The van der Waals surface area contributed by atoms with Gasteiger partial charge in [-0.3, -0.25) is 4.98 Å². The van der Waals surface area contributed by atoms with Crippen LogP contribution in [0.1, 0.15) is 17.7 Å². The molecule has 0 radical (unpaired) electrons. The summed E-state index contributed by atoms with van der Waals surface area (Å²) in [4.78, 5) is 13.2. The zero-order valence-electron chi connectivity index (χ0n) is 7.66. The van der Waals surface area contributed by atoms with Crippen molar-refractivity contribution in [3.05, 3.63) is 35.7 Å². The van der Waals surface area contributed by atoms with Crippen LogP contribution in [0.15, 0.2) is 24.4 Å². The second-order valence-electron chi connectivity index (χ2n) is 2.78. The van der Waals surface area contributed by atoms with Crippen LogP contribution in [0, 0.1) is 0 Å². The lowest BCUT2D eigenvalue weighted by molar-refractivity contribution is -0.141. The maximum absolute atomic E-state index is 12.1. The molecule has 0 amide bonds.